The van der Waals surface area contributed by atoms with Gasteiger partial charge in [0, 0.05) is 35.1 Å². The highest BCUT2D eigenvalue weighted by molar-refractivity contribution is 6.08. The largest absolute Gasteiger partial charge is 0.439 e. The van der Waals surface area contributed by atoms with Crippen LogP contribution in [-0.4, -0.2) is 25.4 Å². The normalized spacial score (nSPS) is 10.9. The van der Waals surface area contributed by atoms with Crippen LogP contribution in [-0.2, 0) is 11.3 Å². The molecule has 0 aliphatic heterocycles. The molecule has 0 atom stereocenters. The van der Waals surface area contributed by atoms with Gasteiger partial charge in [-0.1, -0.05) is 36.9 Å². The molecule has 0 aliphatic carbocycles. The van der Waals surface area contributed by atoms with Crippen LogP contribution >= 0.6 is 0 Å². The van der Waals surface area contributed by atoms with Crippen molar-refractivity contribution in [3.05, 3.63) is 90.9 Å². The maximum Gasteiger partial charge on any atom is 0.250 e. The quantitative estimate of drug-likeness (QED) is 0.249. The van der Waals surface area contributed by atoms with E-state index < -0.39 is 0 Å². The van der Waals surface area contributed by atoms with Crippen molar-refractivity contribution >= 4 is 28.4 Å². The van der Waals surface area contributed by atoms with Crippen molar-refractivity contribution in [1.82, 2.24) is 19.5 Å². The number of hydrogen-bond acceptors (Lipinski definition) is 6. The minimum Gasteiger partial charge on any atom is -0.439 e. The third-order valence-corrected chi connectivity index (χ3v) is 6.22. The predicted molar refractivity (Wildman–Crippen MR) is 151 cm³/mol. The summed E-state index contributed by atoms with van der Waals surface area (Å²) in [5, 5.41) is 3.64. The number of nitrogens with one attached hydrogen (secondary N) is 1. The lowest BCUT2D eigenvalue weighted by Crippen LogP contribution is -2.11. The van der Waals surface area contributed by atoms with Gasteiger partial charge in [-0.2, -0.15) is 0 Å². The molecule has 5 aromatic rings. The number of rotatable bonds is 7. The molecule has 0 unspecified atom stereocenters. The summed E-state index contributed by atoms with van der Waals surface area (Å²) in [4.78, 5) is 25.3. The number of benzene rings is 2. The van der Waals surface area contributed by atoms with Gasteiger partial charge in [0.1, 0.15) is 23.5 Å². The molecule has 8 heteroatoms. The topological polar surface area (TPSA) is 108 Å². The number of pyridine rings is 1. The third-order valence-electron chi connectivity index (χ3n) is 6.22. The molecule has 0 saturated carbocycles. The average Bonchev–Trinajstić information content (AvgIpc) is 3.25. The number of fused-ring (bicyclic) bond motifs is 1. The molecule has 190 valence electrons. The molecule has 0 fully saturated rings. The van der Waals surface area contributed by atoms with E-state index in [-0.39, 0.29) is 5.91 Å². The molecule has 0 radical (unpaired) electrons. The van der Waals surface area contributed by atoms with Crippen LogP contribution in [0.4, 0.5) is 11.5 Å². The van der Waals surface area contributed by atoms with E-state index in [1.54, 1.807) is 6.92 Å². The molecular weight excluding hydrogens is 476 g/mol. The van der Waals surface area contributed by atoms with Crippen molar-refractivity contribution in [3.63, 3.8) is 0 Å². The van der Waals surface area contributed by atoms with Crippen molar-refractivity contribution in [2.75, 3.05) is 11.1 Å². The van der Waals surface area contributed by atoms with E-state index in [2.05, 4.69) is 38.3 Å². The first-order chi connectivity index (χ1) is 18.4. The van der Waals surface area contributed by atoms with Crippen LogP contribution in [0.3, 0.4) is 0 Å². The lowest BCUT2D eigenvalue weighted by Gasteiger charge is -2.12. The van der Waals surface area contributed by atoms with Crippen molar-refractivity contribution in [1.29, 1.82) is 0 Å². The molecule has 3 aromatic heterocycles. The predicted octanol–water partition coefficient (Wildman–Crippen LogP) is 6.38. The Labute approximate surface area is 220 Å². The van der Waals surface area contributed by atoms with Crippen LogP contribution in [0.2, 0.25) is 0 Å². The van der Waals surface area contributed by atoms with Gasteiger partial charge in [0.15, 0.2) is 0 Å². The number of aryl methyl sites for hydroxylation is 2. The maximum absolute atomic E-state index is 12.1. The maximum atomic E-state index is 12.1. The first-order valence-electron chi connectivity index (χ1n) is 12.3. The SMILES string of the molecule is C=C(C)C(=O)Nc1ccc(-c2c(-c3ccc(Oc4cccc(C)n4)cc3)c3c(N)ncnc3n2CC)cc1. The Bertz CT molecular complexity index is 1650. The van der Waals surface area contributed by atoms with Gasteiger partial charge in [0.25, 0.3) is 5.91 Å². The molecule has 0 aliphatic rings. The average molecular weight is 505 g/mol. The van der Waals surface area contributed by atoms with Gasteiger partial charge >= 0.3 is 0 Å². The number of nitrogens with zero attached hydrogens (tertiary/aromatic N) is 4. The van der Waals surface area contributed by atoms with E-state index in [0.717, 1.165) is 39.1 Å². The molecule has 1 amide bonds. The fraction of sp³-hybridized carbons (Fsp3) is 0.133. The molecule has 0 spiro atoms. The van der Waals surface area contributed by atoms with Crippen molar-refractivity contribution < 1.29 is 9.53 Å². The molecule has 38 heavy (non-hydrogen) atoms. The minimum atomic E-state index is -0.215. The fourth-order valence-electron chi connectivity index (χ4n) is 4.42. The molecule has 0 saturated heterocycles. The molecule has 8 nitrogen and oxygen atoms in total. The number of nitrogen functional groups attached to an aromatic ring is 1. The lowest BCUT2D eigenvalue weighted by molar-refractivity contribution is -0.112. The monoisotopic (exact) mass is 504 g/mol. The number of nitrogens with two attached hydrogens (primary N) is 1. The Kier molecular flexibility index (Phi) is 6.62. The molecule has 0 bridgehead atoms. The minimum absolute atomic E-state index is 0.215. The van der Waals surface area contributed by atoms with Gasteiger partial charge in [0.2, 0.25) is 5.88 Å². The zero-order valence-corrected chi connectivity index (χ0v) is 21.5. The van der Waals surface area contributed by atoms with Gasteiger partial charge in [0.05, 0.1) is 11.1 Å². The summed E-state index contributed by atoms with van der Waals surface area (Å²) in [6.07, 6.45) is 1.49. The summed E-state index contributed by atoms with van der Waals surface area (Å²) in [7, 11) is 0. The van der Waals surface area contributed by atoms with Gasteiger partial charge < -0.3 is 20.4 Å². The second kappa shape index (κ2) is 10.2. The second-order valence-electron chi connectivity index (χ2n) is 8.98. The number of carbonyl (C=O) groups is 1. The lowest BCUT2D eigenvalue weighted by atomic mass is 9.98. The number of hydrogen-bond donors (Lipinski definition) is 2. The van der Waals surface area contributed by atoms with E-state index in [9.17, 15) is 4.79 Å². The molecular formula is C30H28N6O2. The zero-order valence-electron chi connectivity index (χ0n) is 21.5. The number of ether oxygens (including phenoxy) is 1. The van der Waals surface area contributed by atoms with E-state index in [1.165, 1.54) is 6.33 Å². The van der Waals surface area contributed by atoms with Crippen LogP contribution in [0.5, 0.6) is 11.6 Å². The summed E-state index contributed by atoms with van der Waals surface area (Å²) in [5.41, 5.74) is 13.0. The number of anilines is 2. The second-order valence-corrected chi connectivity index (χ2v) is 8.98. The van der Waals surface area contributed by atoms with Crippen molar-refractivity contribution in [2.45, 2.75) is 27.3 Å². The van der Waals surface area contributed by atoms with Gasteiger partial charge in [-0.05, 0) is 62.2 Å². The van der Waals surface area contributed by atoms with Crippen LogP contribution in [0.25, 0.3) is 33.4 Å². The first kappa shape index (κ1) is 24.7. The molecule has 3 N–H and O–H groups in total. The number of amides is 1. The van der Waals surface area contributed by atoms with Crippen molar-refractivity contribution in [3.8, 4) is 34.0 Å². The van der Waals surface area contributed by atoms with Crippen LogP contribution in [0.15, 0.2) is 85.2 Å². The Morgan fingerprint density at radius 1 is 1.03 bits per heavy atom. The first-order valence-corrected chi connectivity index (χ1v) is 12.3. The summed E-state index contributed by atoms with van der Waals surface area (Å²) < 4.78 is 8.09. The van der Waals surface area contributed by atoms with Crippen LogP contribution in [0, 0.1) is 6.92 Å². The van der Waals surface area contributed by atoms with Crippen LogP contribution < -0.4 is 15.8 Å². The number of aromatic nitrogens is 4. The smallest absolute Gasteiger partial charge is 0.250 e. The standard InChI is InChI=1S/C30H28N6O2/c1-5-36-27(21-9-13-22(14-10-21)35-30(37)18(2)3)25(26-28(31)32-17-33-29(26)36)20-11-15-23(16-12-20)38-24-8-6-7-19(4)34-24/h6-17H,2,5H2,1,3-4H3,(H,35,37)(H2,31,32,33). The van der Waals surface area contributed by atoms with E-state index in [0.29, 0.717) is 35.3 Å². The fourth-order valence-corrected chi connectivity index (χ4v) is 4.42. The van der Waals surface area contributed by atoms with E-state index in [4.69, 9.17) is 10.5 Å². The van der Waals surface area contributed by atoms with E-state index >= 15 is 0 Å². The summed E-state index contributed by atoms with van der Waals surface area (Å²) in [5.74, 6) is 1.41. The summed E-state index contributed by atoms with van der Waals surface area (Å²) in [6.45, 7) is 10.0. The van der Waals surface area contributed by atoms with Gasteiger partial charge in [-0.15, -0.1) is 0 Å². The Balaban J connectivity index is 1.60. The molecule has 5 rings (SSSR count). The number of carbonyl (C=O) groups excluding carboxylic acids is 1. The third kappa shape index (κ3) is 4.71. The Morgan fingerprint density at radius 3 is 2.39 bits per heavy atom. The molecule has 2 aromatic carbocycles. The Morgan fingerprint density at radius 2 is 1.74 bits per heavy atom. The Hall–Kier alpha value is -4.98. The van der Waals surface area contributed by atoms with Crippen LogP contribution in [0.1, 0.15) is 19.5 Å². The van der Waals surface area contributed by atoms with Gasteiger partial charge in [-0.3, -0.25) is 4.79 Å². The highest BCUT2D eigenvalue weighted by Crippen LogP contribution is 2.42. The summed E-state index contributed by atoms with van der Waals surface area (Å²) >= 11 is 0. The van der Waals surface area contributed by atoms with E-state index in [1.807, 2.05) is 73.7 Å². The van der Waals surface area contributed by atoms with Crippen molar-refractivity contribution in [2.24, 2.45) is 0 Å². The zero-order chi connectivity index (χ0) is 26.8. The summed E-state index contributed by atoms with van der Waals surface area (Å²) in [6, 6.07) is 21.2. The molecule has 3 heterocycles. The highest BCUT2D eigenvalue weighted by atomic mass is 16.5. The van der Waals surface area contributed by atoms with Gasteiger partial charge in [-0.25, -0.2) is 15.0 Å². The highest BCUT2D eigenvalue weighted by Gasteiger charge is 2.23.